The Morgan fingerprint density at radius 2 is 2.21 bits per heavy atom. The monoisotopic (exact) mass is 323 g/mol. The second-order valence-electron chi connectivity index (χ2n) is 5.28. The summed E-state index contributed by atoms with van der Waals surface area (Å²) in [6.07, 6.45) is 6.10. The van der Waals surface area contributed by atoms with Gasteiger partial charge in [0.1, 0.15) is 0 Å². The second kappa shape index (κ2) is 5.51. The third-order valence-electron chi connectivity index (χ3n) is 3.95. The van der Waals surface area contributed by atoms with Gasteiger partial charge in [-0.3, -0.25) is 5.10 Å². The van der Waals surface area contributed by atoms with Crippen molar-refractivity contribution in [2.45, 2.75) is 31.8 Å². The van der Waals surface area contributed by atoms with E-state index in [1.165, 1.54) is 6.42 Å². The number of aliphatic hydroxyl groups excluding tert-OH is 1. The molecule has 1 aliphatic carbocycles. The summed E-state index contributed by atoms with van der Waals surface area (Å²) in [6.45, 7) is 0.817. The number of hydrogen-bond acceptors (Lipinski definition) is 3. The predicted octanol–water partition coefficient (Wildman–Crippen LogP) is 3.29. The molecule has 0 amide bonds. The van der Waals surface area contributed by atoms with Gasteiger partial charge in [-0.25, -0.2) is 0 Å². The van der Waals surface area contributed by atoms with Crippen molar-refractivity contribution in [3.8, 4) is 0 Å². The highest BCUT2D eigenvalue weighted by atomic mass is 79.9. The number of aromatic nitrogens is 2. The molecule has 1 aromatic carbocycles. The lowest BCUT2D eigenvalue weighted by atomic mass is 9.86. The maximum atomic E-state index is 10.0. The molecule has 3 rings (SSSR count). The third-order valence-corrected chi connectivity index (χ3v) is 4.40. The zero-order chi connectivity index (χ0) is 13.2. The van der Waals surface area contributed by atoms with Crippen LogP contribution in [0.2, 0.25) is 0 Å². The first-order valence-corrected chi connectivity index (χ1v) is 7.58. The number of rotatable bonds is 3. The van der Waals surface area contributed by atoms with E-state index in [2.05, 4.69) is 37.5 Å². The van der Waals surface area contributed by atoms with E-state index >= 15 is 0 Å². The molecule has 0 bridgehead atoms. The molecular weight excluding hydrogens is 306 g/mol. The maximum absolute atomic E-state index is 10.0. The minimum absolute atomic E-state index is 0.159. The Labute approximate surface area is 120 Å². The van der Waals surface area contributed by atoms with Crippen LogP contribution in [0.1, 0.15) is 25.7 Å². The fourth-order valence-corrected chi connectivity index (χ4v) is 3.29. The highest BCUT2D eigenvalue weighted by Crippen LogP contribution is 2.29. The van der Waals surface area contributed by atoms with Crippen molar-refractivity contribution in [2.75, 3.05) is 11.9 Å². The smallest absolute Gasteiger partial charge is 0.0682 e. The first-order valence-electron chi connectivity index (χ1n) is 6.78. The Kier molecular flexibility index (Phi) is 3.75. The van der Waals surface area contributed by atoms with Crippen LogP contribution in [0.25, 0.3) is 10.9 Å². The normalized spacial score (nSPS) is 23.7. The van der Waals surface area contributed by atoms with E-state index in [4.69, 9.17) is 0 Å². The van der Waals surface area contributed by atoms with Crippen molar-refractivity contribution in [1.82, 2.24) is 10.2 Å². The number of H-pyrrole nitrogens is 1. The molecule has 0 spiro atoms. The van der Waals surface area contributed by atoms with Gasteiger partial charge in [-0.2, -0.15) is 5.10 Å². The highest BCUT2D eigenvalue weighted by molar-refractivity contribution is 9.10. The van der Waals surface area contributed by atoms with Crippen molar-refractivity contribution < 1.29 is 5.11 Å². The van der Waals surface area contributed by atoms with Gasteiger partial charge in [0.15, 0.2) is 0 Å². The van der Waals surface area contributed by atoms with Crippen LogP contribution in [0.5, 0.6) is 0 Å². The fraction of sp³-hybridized carbons (Fsp3) is 0.500. The molecule has 2 atom stereocenters. The molecular formula is C14H18BrN3O. The van der Waals surface area contributed by atoms with Gasteiger partial charge in [0.2, 0.25) is 0 Å². The second-order valence-corrected chi connectivity index (χ2v) is 6.19. The molecule has 1 aliphatic rings. The molecule has 4 nitrogen and oxygen atoms in total. The number of aliphatic hydroxyl groups is 1. The zero-order valence-corrected chi connectivity index (χ0v) is 12.3. The average molecular weight is 324 g/mol. The molecule has 1 saturated carbocycles. The van der Waals surface area contributed by atoms with Crippen LogP contribution in [0.4, 0.5) is 5.69 Å². The van der Waals surface area contributed by atoms with Crippen LogP contribution in [0, 0.1) is 5.92 Å². The van der Waals surface area contributed by atoms with Crippen molar-refractivity contribution >= 4 is 32.5 Å². The summed E-state index contributed by atoms with van der Waals surface area (Å²) in [4.78, 5) is 0. The summed E-state index contributed by atoms with van der Waals surface area (Å²) in [6, 6.07) is 4.08. The van der Waals surface area contributed by atoms with Gasteiger partial charge >= 0.3 is 0 Å². The SMILES string of the molecule is OC1CCCCC1CNc1cc(Br)cc2[nH]ncc12. The molecule has 2 unspecified atom stereocenters. The predicted molar refractivity (Wildman–Crippen MR) is 80.2 cm³/mol. The molecule has 0 aliphatic heterocycles. The highest BCUT2D eigenvalue weighted by Gasteiger charge is 2.22. The zero-order valence-electron chi connectivity index (χ0n) is 10.7. The number of fused-ring (bicyclic) bond motifs is 1. The van der Waals surface area contributed by atoms with Crippen molar-refractivity contribution in [3.05, 3.63) is 22.8 Å². The Balaban J connectivity index is 1.75. The van der Waals surface area contributed by atoms with Crippen LogP contribution in [-0.4, -0.2) is 28.0 Å². The van der Waals surface area contributed by atoms with Gasteiger partial charge in [-0.15, -0.1) is 0 Å². The summed E-state index contributed by atoms with van der Waals surface area (Å²) in [7, 11) is 0. The van der Waals surface area contributed by atoms with Gasteiger partial charge in [-0.1, -0.05) is 28.8 Å². The summed E-state index contributed by atoms with van der Waals surface area (Å²) in [5, 5.41) is 21.6. The van der Waals surface area contributed by atoms with Gasteiger partial charge < -0.3 is 10.4 Å². The van der Waals surface area contributed by atoms with E-state index in [1.54, 1.807) is 0 Å². The van der Waals surface area contributed by atoms with E-state index in [-0.39, 0.29) is 6.10 Å². The van der Waals surface area contributed by atoms with Gasteiger partial charge in [0.25, 0.3) is 0 Å². The quantitative estimate of drug-likeness (QED) is 0.812. The maximum Gasteiger partial charge on any atom is 0.0682 e. The number of hydrogen-bond donors (Lipinski definition) is 3. The largest absolute Gasteiger partial charge is 0.393 e. The number of anilines is 1. The van der Waals surface area contributed by atoms with Crippen molar-refractivity contribution in [1.29, 1.82) is 0 Å². The van der Waals surface area contributed by atoms with Crippen LogP contribution in [-0.2, 0) is 0 Å². The number of benzene rings is 1. The van der Waals surface area contributed by atoms with Crippen LogP contribution in [0.3, 0.4) is 0 Å². The minimum Gasteiger partial charge on any atom is -0.393 e. The topological polar surface area (TPSA) is 60.9 Å². The molecule has 19 heavy (non-hydrogen) atoms. The first kappa shape index (κ1) is 12.9. The number of halogens is 1. The van der Waals surface area contributed by atoms with E-state index in [1.807, 2.05) is 12.3 Å². The van der Waals surface area contributed by atoms with E-state index in [9.17, 15) is 5.11 Å². The van der Waals surface area contributed by atoms with Crippen molar-refractivity contribution in [2.24, 2.45) is 5.92 Å². The van der Waals surface area contributed by atoms with E-state index < -0.39 is 0 Å². The van der Waals surface area contributed by atoms with Crippen LogP contribution in [0.15, 0.2) is 22.8 Å². The van der Waals surface area contributed by atoms with E-state index in [0.29, 0.717) is 5.92 Å². The average Bonchev–Trinajstić information content (AvgIpc) is 2.85. The summed E-state index contributed by atoms with van der Waals surface area (Å²) in [5.41, 5.74) is 2.08. The van der Waals surface area contributed by atoms with Crippen molar-refractivity contribution in [3.63, 3.8) is 0 Å². The number of aromatic amines is 1. The molecule has 1 fully saturated rings. The molecule has 102 valence electrons. The lowest BCUT2D eigenvalue weighted by Crippen LogP contribution is -2.30. The molecule has 1 heterocycles. The van der Waals surface area contributed by atoms with E-state index in [0.717, 1.165) is 46.9 Å². The lowest BCUT2D eigenvalue weighted by molar-refractivity contribution is 0.0763. The van der Waals surface area contributed by atoms with Gasteiger partial charge in [0, 0.05) is 28.0 Å². The summed E-state index contributed by atoms with van der Waals surface area (Å²) >= 11 is 3.51. The molecule has 5 heteroatoms. The lowest BCUT2D eigenvalue weighted by Gasteiger charge is -2.28. The van der Waals surface area contributed by atoms with Crippen LogP contribution < -0.4 is 5.32 Å². The van der Waals surface area contributed by atoms with Gasteiger partial charge in [-0.05, 0) is 25.0 Å². The molecule has 2 aromatic rings. The molecule has 0 radical (unpaired) electrons. The Morgan fingerprint density at radius 1 is 1.37 bits per heavy atom. The molecule has 3 N–H and O–H groups in total. The first-order chi connectivity index (χ1) is 9.24. The molecule has 0 saturated heterocycles. The standard InChI is InChI=1S/C14H18BrN3O/c15-10-5-12(11-8-17-18-13(11)6-10)16-7-9-3-1-2-4-14(9)19/h5-6,8-9,14,16,19H,1-4,7H2,(H,17,18). The van der Waals surface area contributed by atoms with Gasteiger partial charge in [0.05, 0.1) is 17.8 Å². The molecule has 1 aromatic heterocycles. The minimum atomic E-state index is -0.159. The van der Waals surface area contributed by atoms with Crippen LogP contribution >= 0.6 is 15.9 Å². The number of nitrogens with one attached hydrogen (secondary N) is 2. The fourth-order valence-electron chi connectivity index (χ4n) is 2.83. The summed E-state index contributed by atoms with van der Waals surface area (Å²) < 4.78 is 1.02. The Morgan fingerprint density at radius 3 is 3.05 bits per heavy atom. The Bertz CT molecular complexity index is 569. The Hall–Kier alpha value is -1.07. The number of nitrogens with zero attached hydrogens (tertiary/aromatic N) is 1. The summed E-state index contributed by atoms with van der Waals surface area (Å²) in [5.74, 6) is 0.356. The third kappa shape index (κ3) is 2.77.